The molecular formula is C16H24N4. The standard InChI is InChI=1S/C16H24N4/c1-5-14-7-6-8-17-15(14)11-20-10-13(4)19-16(20)18-9-12(2)3/h6-8,10,12H,5,9,11H2,1-4H3,(H,18,19). The lowest BCUT2D eigenvalue weighted by molar-refractivity contribution is 0.674. The fourth-order valence-electron chi connectivity index (χ4n) is 2.20. The zero-order chi connectivity index (χ0) is 14.5. The summed E-state index contributed by atoms with van der Waals surface area (Å²) in [4.78, 5) is 9.07. The Balaban J connectivity index is 2.20. The van der Waals surface area contributed by atoms with Crippen LogP contribution >= 0.6 is 0 Å². The van der Waals surface area contributed by atoms with Crippen molar-refractivity contribution in [2.75, 3.05) is 11.9 Å². The van der Waals surface area contributed by atoms with E-state index in [1.54, 1.807) is 0 Å². The normalized spacial score (nSPS) is 11.1. The van der Waals surface area contributed by atoms with Crippen LogP contribution in [0.5, 0.6) is 0 Å². The van der Waals surface area contributed by atoms with Crippen LogP contribution < -0.4 is 5.32 Å². The molecule has 0 fully saturated rings. The Kier molecular flexibility index (Phi) is 4.77. The van der Waals surface area contributed by atoms with Crippen LogP contribution in [0.1, 0.15) is 37.7 Å². The fourth-order valence-corrected chi connectivity index (χ4v) is 2.20. The highest BCUT2D eigenvalue weighted by atomic mass is 15.2. The molecule has 2 aromatic heterocycles. The van der Waals surface area contributed by atoms with E-state index >= 15 is 0 Å². The van der Waals surface area contributed by atoms with Crippen LogP contribution in [0.4, 0.5) is 5.95 Å². The van der Waals surface area contributed by atoms with Gasteiger partial charge in [-0.1, -0.05) is 26.8 Å². The third-order valence-corrected chi connectivity index (χ3v) is 3.25. The number of imidazole rings is 1. The number of hydrogen-bond acceptors (Lipinski definition) is 3. The van der Waals surface area contributed by atoms with E-state index in [1.165, 1.54) is 5.56 Å². The minimum Gasteiger partial charge on any atom is -0.355 e. The molecule has 0 aliphatic carbocycles. The Morgan fingerprint density at radius 2 is 2.15 bits per heavy atom. The minimum absolute atomic E-state index is 0.599. The third kappa shape index (κ3) is 3.59. The summed E-state index contributed by atoms with van der Waals surface area (Å²) in [6.45, 7) is 10.3. The lowest BCUT2D eigenvalue weighted by Crippen LogP contribution is -2.14. The lowest BCUT2D eigenvalue weighted by Gasteiger charge is -2.12. The van der Waals surface area contributed by atoms with Gasteiger partial charge in [-0.2, -0.15) is 0 Å². The van der Waals surface area contributed by atoms with Crippen molar-refractivity contribution in [3.8, 4) is 0 Å². The number of nitrogens with zero attached hydrogens (tertiary/aromatic N) is 3. The summed E-state index contributed by atoms with van der Waals surface area (Å²) in [6.07, 6.45) is 4.95. The Labute approximate surface area is 121 Å². The van der Waals surface area contributed by atoms with Crippen molar-refractivity contribution in [2.45, 2.75) is 40.7 Å². The van der Waals surface area contributed by atoms with Gasteiger partial charge in [0.15, 0.2) is 0 Å². The van der Waals surface area contributed by atoms with Gasteiger partial charge in [0.25, 0.3) is 0 Å². The lowest BCUT2D eigenvalue weighted by atomic mass is 10.1. The second-order valence-electron chi connectivity index (χ2n) is 5.57. The number of hydrogen-bond donors (Lipinski definition) is 1. The van der Waals surface area contributed by atoms with Crippen molar-refractivity contribution in [1.29, 1.82) is 0 Å². The number of nitrogens with one attached hydrogen (secondary N) is 1. The molecule has 0 atom stereocenters. The van der Waals surface area contributed by atoms with E-state index in [1.807, 2.05) is 19.2 Å². The first-order chi connectivity index (χ1) is 9.60. The van der Waals surface area contributed by atoms with Crippen LogP contribution in [0, 0.1) is 12.8 Å². The van der Waals surface area contributed by atoms with E-state index in [2.05, 4.69) is 52.9 Å². The predicted octanol–water partition coefficient (Wildman–Crippen LogP) is 3.27. The first kappa shape index (κ1) is 14.6. The highest BCUT2D eigenvalue weighted by molar-refractivity contribution is 5.31. The molecule has 0 saturated heterocycles. The van der Waals surface area contributed by atoms with Crippen LogP contribution in [0.25, 0.3) is 0 Å². The van der Waals surface area contributed by atoms with Gasteiger partial charge in [-0.25, -0.2) is 4.98 Å². The molecule has 0 aromatic carbocycles. The molecule has 0 saturated carbocycles. The van der Waals surface area contributed by atoms with Gasteiger partial charge in [-0.3, -0.25) is 4.98 Å². The topological polar surface area (TPSA) is 42.7 Å². The van der Waals surface area contributed by atoms with Crippen LogP contribution in [-0.2, 0) is 13.0 Å². The second-order valence-corrected chi connectivity index (χ2v) is 5.57. The molecule has 0 unspecified atom stereocenters. The summed E-state index contributed by atoms with van der Waals surface area (Å²) in [5.41, 5.74) is 3.46. The summed E-state index contributed by atoms with van der Waals surface area (Å²) in [6, 6.07) is 4.15. The summed E-state index contributed by atoms with van der Waals surface area (Å²) >= 11 is 0. The molecule has 1 N–H and O–H groups in total. The average molecular weight is 272 g/mol. The third-order valence-electron chi connectivity index (χ3n) is 3.25. The zero-order valence-corrected chi connectivity index (χ0v) is 12.8. The quantitative estimate of drug-likeness (QED) is 0.877. The molecule has 0 amide bonds. The highest BCUT2D eigenvalue weighted by Gasteiger charge is 2.09. The van der Waals surface area contributed by atoms with E-state index in [0.717, 1.165) is 36.8 Å². The molecule has 2 rings (SSSR count). The van der Waals surface area contributed by atoms with Gasteiger partial charge in [0.1, 0.15) is 0 Å². The van der Waals surface area contributed by atoms with Gasteiger partial charge in [-0.15, -0.1) is 0 Å². The van der Waals surface area contributed by atoms with Crippen molar-refractivity contribution in [3.05, 3.63) is 41.5 Å². The number of pyridine rings is 1. The van der Waals surface area contributed by atoms with Crippen molar-refractivity contribution in [3.63, 3.8) is 0 Å². The summed E-state index contributed by atoms with van der Waals surface area (Å²) in [5, 5.41) is 3.42. The number of aromatic nitrogens is 3. The maximum atomic E-state index is 4.56. The van der Waals surface area contributed by atoms with Crippen LogP contribution in [0.15, 0.2) is 24.5 Å². The molecule has 108 valence electrons. The van der Waals surface area contributed by atoms with Gasteiger partial charge in [0.2, 0.25) is 5.95 Å². The van der Waals surface area contributed by atoms with Crippen molar-refractivity contribution < 1.29 is 0 Å². The van der Waals surface area contributed by atoms with Crippen molar-refractivity contribution in [2.24, 2.45) is 5.92 Å². The molecule has 2 heterocycles. The maximum absolute atomic E-state index is 4.56. The first-order valence-electron chi connectivity index (χ1n) is 7.30. The zero-order valence-electron chi connectivity index (χ0n) is 12.8. The molecule has 20 heavy (non-hydrogen) atoms. The van der Waals surface area contributed by atoms with Gasteiger partial charge in [0, 0.05) is 18.9 Å². The molecule has 2 aromatic rings. The molecule has 0 aliphatic rings. The molecule has 0 radical (unpaired) electrons. The largest absolute Gasteiger partial charge is 0.355 e. The highest BCUT2D eigenvalue weighted by Crippen LogP contribution is 2.14. The summed E-state index contributed by atoms with van der Waals surface area (Å²) in [7, 11) is 0. The van der Waals surface area contributed by atoms with E-state index in [4.69, 9.17) is 0 Å². The van der Waals surface area contributed by atoms with Gasteiger partial charge in [-0.05, 0) is 30.9 Å². The molecular weight excluding hydrogens is 248 g/mol. The molecule has 0 aliphatic heterocycles. The van der Waals surface area contributed by atoms with E-state index in [0.29, 0.717) is 5.92 Å². The summed E-state index contributed by atoms with van der Waals surface area (Å²) in [5.74, 6) is 1.53. The number of anilines is 1. The van der Waals surface area contributed by atoms with E-state index in [9.17, 15) is 0 Å². The Morgan fingerprint density at radius 3 is 2.85 bits per heavy atom. The van der Waals surface area contributed by atoms with Gasteiger partial charge in [0.05, 0.1) is 17.9 Å². The fraction of sp³-hybridized carbons (Fsp3) is 0.500. The van der Waals surface area contributed by atoms with E-state index in [-0.39, 0.29) is 0 Å². The monoisotopic (exact) mass is 272 g/mol. The van der Waals surface area contributed by atoms with E-state index < -0.39 is 0 Å². The molecule has 4 nitrogen and oxygen atoms in total. The van der Waals surface area contributed by atoms with Crippen LogP contribution in [0.3, 0.4) is 0 Å². The molecule has 0 bridgehead atoms. The molecule has 4 heteroatoms. The van der Waals surface area contributed by atoms with Crippen molar-refractivity contribution >= 4 is 5.95 Å². The Morgan fingerprint density at radius 1 is 1.35 bits per heavy atom. The molecule has 0 spiro atoms. The van der Waals surface area contributed by atoms with Crippen LogP contribution in [-0.4, -0.2) is 21.1 Å². The van der Waals surface area contributed by atoms with Gasteiger partial charge >= 0.3 is 0 Å². The van der Waals surface area contributed by atoms with Crippen molar-refractivity contribution in [1.82, 2.24) is 14.5 Å². The van der Waals surface area contributed by atoms with Gasteiger partial charge < -0.3 is 9.88 Å². The Bertz CT molecular complexity index is 557. The number of aryl methyl sites for hydroxylation is 2. The Hall–Kier alpha value is -1.84. The average Bonchev–Trinajstić information content (AvgIpc) is 2.77. The first-order valence-corrected chi connectivity index (χ1v) is 7.30. The smallest absolute Gasteiger partial charge is 0.203 e. The second kappa shape index (κ2) is 6.55. The summed E-state index contributed by atoms with van der Waals surface area (Å²) < 4.78 is 2.15. The maximum Gasteiger partial charge on any atom is 0.203 e. The number of rotatable bonds is 6. The SMILES string of the molecule is CCc1cccnc1Cn1cc(C)nc1NCC(C)C. The predicted molar refractivity (Wildman–Crippen MR) is 83.0 cm³/mol. The minimum atomic E-state index is 0.599. The van der Waals surface area contributed by atoms with Crippen LogP contribution in [0.2, 0.25) is 0 Å².